The molecular weight excluding hydrogens is 204 g/mol. The average Bonchev–Trinajstić information content (AvgIpc) is 2.16. The van der Waals surface area contributed by atoms with Gasteiger partial charge < -0.3 is 10.4 Å². The minimum atomic E-state index is -0.953. The molecular formula is C12H16N2O2. The van der Waals surface area contributed by atoms with Gasteiger partial charge in [-0.2, -0.15) is 0 Å². The number of nitrogens with one attached hydrogen (secondary N) is 1. The third-order valence-electron chi connectivity index (χ3n) is 2.20. The second-order valence-electron chi connectivity index (χ2n) is 3.61. The molecule has 0 unspecified atom stereocenters. The SMILES string of the molecule is C=CCCNc1nc(C)cc(C)c1C(=O)O. The van der Waals surface area contributed by atoms with Gasteiger partial charge in [0.05, 0.1) is 0 Å². The van der Waals surface area contributed by atoms with Crippen LogP contribution in [0.15, 0.2) is 18.7 Å². The smallest absolute Gasteiger partial charge is 0.339 e. The zero-order valence-corrected chi connectivity index (χ0v) is 9.58. The Kier molecular flexibility index (Phi) is 4.05. The number of carboxylic acids is 1. The molecule has 0 aliphatic carbocycles. The topological polar surface area (TPSA) is 62.2 Å². The van der Waals surface area contributed by atoms with Crippen LogP contribution in [0.3, 0.4) is 0 Å². The maximum atomic E-state index is 11.1. The molecule has 16 heavy (non-hydrogen) atoms. The summed E-state index contributed by atoms with van der Waals surface area (Å²) in [6.45, 7) is 7.87. The molecule has 0 saturated heterocycles. The van der Waals surface area contributed by atoms with Gasteiger partial charge in [-0.15, -0.1) is 6.58 Å². The Hall–Kier alpha value is -1.84. The molecule has 0 radical (unpaired) electrons. The molecule has 0 aliphatic heterocycles. The van der Waals surface area contributed by atoms with Gasteiger partial charge in [-0.05, 0) is 31.9 Å². The number of nitrogens with zero attached hydrogens (tertiary/aromatic N) is 1. The Morgan fingerprint density at radius 2 is 2.31 bits per heavy atom. The van der Waals surface area contributed by atoms with E-state index < -0.39 is 5.97 Å². The molecule has 1 heterocycles. The van der Waals surface area contributed by atoms with Crippen molar-refractivity contribution in [3.63, 3.8) is 0 Å². The highest BCUT2D eigenvalue weighted by molar-refractivity contribution is 5.94. The number of pyridine rings is 1. The van der Waals surface area contributed by atoms with E-state index in [0.717, 1.165) is 17.7 Å². The normalized spacial score (nSPS) is 9.88. The van der Waals surface area contributed by atoms with Crippen LogP contribution in [0.1, 0.15) is 28.0 Å². The van der Waals surface area contributed by atoms with Crippen LogP contribution in [-0.4, -0.2) is 22.6 Å². The van der Waals surface area contributed by atoms with E-state index in [9.17, 15) is 4.79 Å². The number of aromatic carboxylic acids is 1. The van der Waals surface area contributed by atoms with Crippen LogP contribution in [0.5, 0.6) is 0 Å². The molecule has 0 aromatic carbocycles. The molecule has 1 aromatic heterocycles. The van der Waals surface area contributed by atoms with Crippen molar-refractivity contribution in [2.24, 2.45) is 0 Å². The van der Waals surface area contributed by atoms with Crippen LogP contribution in [-0.2, 0) is 0 Å². The second-order valence-corrected chi connectivity index (χ2v) is 3.61. The summed E-state index contributed by atoms with van der Waals surface area (Å²) in [6, 6.07) is 1.77. The zero-order valence-electron chi connectivity index (χ0n) is 9.58. The highest BCUT2D eigenvalue weighted by atomic mass is 16.4. The summed E-state index contributed by atoms with van der Waals surface area (Å²) in [7, 11) is 0. The number of carboxylic acid groups (broad SMARTS) is 1. The van der Waals surface area contributed by atoms with E-state index in [2.05, 4.69) is 16.9 Å². The predicted octanol–water partition coefficient (Wildman–Crippen LogP) is 2.38. The molecule has 86 valence electrons. The summed E-state index contributed by atoms with van der Waals surface area (Å²) < 4.78 is 0. The summed E-state index contributed by atoms with van der Waals surface area (Å²) in [6.07, 6.45) is 2.55. The van der Waals surface area contributed by atoms with Crippen LogP contribution in [0.2, 0.25) is 0 Å². The average molecular weight is 220 g/mol. The lowest BCUT2D eigenvalue weighted by Crippen LogP contribution is -2.11. The van der Waals surface area contributed by atoms with Crippen LogP contribution in [0, 0.1) is 13.8 Å². The molecule has 4 heteroatoms. The number of anilines is 1. The molecule has 0 amide bonds. The molecule has 0 spiro atoms. The zero-order chi connectivity index (χ0) is 12.1. The van der Waals surface area contributed by atoms with Crippen molar-refractivity contribution in [3.8, 4) is 0 Å². The van der Waals surface area contributed by atoms with Gasteiger partial charge in [0.2, 0.25) is 0 Å². The van der Waals surface area contributed by atoms with Crippen molar-refractivity contribution in [1.29, 1.82) is 0 Å². The third kappa shape index (κ3) is 2.82. The van der Waals surface area contributed by atoms with Gasteiger partial charge in [0.25, 0.3) is 0 Å². The molecule has 1 rings (SSSR count). The van der Waals surface area contributed by atoms with Gasteiger partial charge in [-0.1, -0.05) is 6.08 Å². The van der Waals surface area contributed by atoms with Crippen molar-refractivity contribution >= 4 is 11.8 Å². The molecule has 1 aromatic rings. The lowest BCUT2D eigenvalue weighted by molar-refractivity contribution is 0.0697. The monoisotopic (exact) mass is 220 g/mol. The van der Waals surface area contributed by atoms with Crippen molar-refractivity contribution in [2.75, 3.05) is 11.9 Å². The number of aryl methyl sites for hydroxylation is 2. The standard InChI is InChI=1S/C12H16N2O2/c1-4-5-6-13-11-10(12(15)16)8(2)7-9(3)14-11/h4,7H,1,5-6H2,2-3H3,(H,13,14)(H,15,16). The maximum Gasteiger partial charge on any atom is 0.339 e. The van der Waals surface area contributed by atoms with E-state index in [1.807, 2.05) is 6.92 Å². The third-order valence-corrected chi connectivity index (χ3v) is 2.20. The summed E-state index contributed by atoms with van der Waals surface area (Å²) in [5.74, 6) is -0.516. The first-order valence-corrected chi connectivity index (χ1v) is 5.12. The Balaban J connectivity index is 3.03. The van der Waals surface area contributed by atoms with E-state index in [4.69, 9.17) is 5.11 Å². The fourth-order valence-electron chi connectivity index (χ4n) is 1.53. The largest absolute Gasteiger partial charge is 0.478 e. The van der Waals surface area contributed by atoms with Crippen molar-refractivity contribution < 1.29 is 9.90 Å². The molecule has 2 N–H and O–H groups in total. The minimum absolute atomic E-state index is 0.245. The Bertz CT molecular complexity index is 414. The number of carbonyl (C=O) groups is 1. The van der Waals surface area contributed by atoms with Crippen molar-refractivity contribution in [2.45, 2.75) is 20.3 Å². The quantitative estimate of drug-likeness (QED) is 0.590. The van der Waals surface area contributed by atoms with Crippen LogP contribution < -0.4 is 5.32 Å². The number of hydrogen-bond donors (Lipinski definition) is 2. The fraction of sp³-hybridized carbons (Fsp3) is 0.333. The van der Waals surface area contributed by atoms with Gasteiger partial charge >= 0.3 is 5.97 Å². The summed E-state index contributed by atoms with van der Waals surface area (Å²) in [5, 5.41) is 12.1. The minimum Gasteiger partial charge on any atom is -0.478 e. The van der Waals surface area contributed by atoms with Crippen LogP contribution in [0.25, 0.3) is 0 Å². The molecule has 0 saturated carbocycles. The first-order chi connectivity index (χ1) is 7.56. The summed E-state index contributed by atoms with van der Waals surface area (Å²) >= 11 is 0. The molecule has 4 nitrogen and oxygen atoms in total. The van der Waals surface area contributed by atoms with Crippen molar-refractivity contribution in [3.05, 3.63) is 35.5 Å². The molecule has 0 atom stereocenters. The Labute approximate surface area is 95.0 Å². The number of rotatable bonds is 5. The van der Waals surface area contributed by atoms with E-state index >= 15 is 0 Å². The summed E-state index contributed by atoms with van der Waals surface area (Å²) in [5.41, 5.74) is 1.78. The van der Waals surface area contributed by atoms with Gasteiger partial charge in [-0.25, -0.2) is 9.78 Å². The van der Waals surface area contributed by atoms with Gasteiger partial charge in [0.1, 0.15) is 11.4 Å². The van der Waals surface area contributed by atoms with E-state index in [-0.39, 0.29) is 5.56 Å². The molecule has 0 fully saturated rings. The lowest BCUT2D eigenvalue weighted by Gasteiger charge is -2.11. The lowest BCUT2D eigenvalue weighted by atomic mass is 10.1. The Morgan fingerprint density at radius 1 is 1.62 bits per heavy atom. The van der Waals surface area contributed by atoms with Gasteiger partial charge in [0, 0.05) is 12.2 Å². The maximum absolute atomic E-state index is 11.1. The highest BCUT2D eigenvalue weighted by Crippen LogP contribution is 2.18. The fourth-order valence-corrected chi connectivity index (χ4v) is 1.53. The van der Waals surface area contributed by atoms with Crippen LogP contribution in [0.4, 0.5) is 5.82 Å². The first-order valence-electron chi connectivity index (χ1n) is 5.12. The number of aromatic nitrogens is 1. The highest BCUT2D eigenvalue weighted by Gasteiger charge is 2.14. The first kappa shape index (κ1) is 12.2. The van der Waals surface area contributed by atoms with Gasteiger partial charge in [-0.3, -0.25) is 0 Å². The van der Waals surface area contributed by atoms with Crippen LogP contribution >= 0.6 is 0 Å². The number of hydrogen-bond acceptors (Lipinski definition) is 3. The van der Waals surface area contributed by atoms with E-state index in [1.54, 1.807) is 19.1 Å². The molecule has 0 bridgehead atoms. The Morgan fingerprint density at radius 3 is 2.88 bits per heavy atom. The van der Waals surface area contributed by atoms with Crippen molar-refractivity contribution in [1.82, 2.24) is 4.98 Å². The van der Waals surface area contributed by atoms with E-state index in [0.29, 0.717) is 12.4 Å². The van der Waals surface area contributed by atoms with E-state index in [1.165, 1.54) is 0 Å². The second kappa shape index (κ2) is 5.30. The predicted molar refractivity (Wildman–Crippen MR) is 64.0 cm³/mol. The molecule has 0 aliphatic rings. The summed E-state index contributed by atoms with van der Waals surface area (Å²) in [4.78, 5) is 15.3. The van der Waals surface area contributed by atoms with Gasteiger partial charge in [0.15, 0.2) is 0 Å².